The Bertz CT molecular complexity index is 760. The van der Waals surface area contributed by atoms with Gasteiger partial charge >= 0.3 is 0 Å². The molecule has 0 aliphatic rings. The number of nitro benzene ring substituents is 1. The number of carbonyl (C=O) groups is 1. The monoisotopic (exact) mass is 347 g/mol. The van der Waals surface area contributed by atoms with Gasteiger partial charge in [0.05, 0.1) is 4.92 Å². The van der Waals surface area contributed by atoms with Gasteiger partial charge in [-0.25, -0.2) is 0 Å². The Labute approximate surface area is 145 Å². The van der Waals surface area contributed by atoms with Gasteiger partial charge in [-0.2, -0.15) is 0 Å². The molecule has 0 heterocycles. The summed E-state index contributed by atoms with van der Waals surface area (Å²) in [4.78, 5) is 26.3. The first-order valence-corrected chi connectivity index (χ1v) is 7.63. The minimum atomic E-state index is -0.485. The fourth-order valence-corrected chi connectivity index (χ4v) is 2.42. The van der Waals surface area contributed by atoms with E-state index in [2.05, 4.69) is 0 Å². The molecular formula is C17H18ClN3O3. The summed E-state index contributed by atoms with van der Waals surface area (Å²) >= 11 is 6.09. The lowest BCUT2D eigenvalue weighted by Gasteiger charge is -2.19. The van der Waals surface area contributed by atoms with Gasteiger partial charge in [-0.05, 0) is 35.9 Å². The van der Waals surface area contributed by atoms with Crippen LogP contribution in [0.5, 0.6) is 0 Å². The van der Waals surface area contributed by atoms with Crippen molar-refractivity contribution in [2.24, 2.45) is 0 Å². The van der Waals surface area contributed by atoms with Gasteiger partial charge in [-0.1, -0.05) is 11.6 Å². The van der Waals surface area contributed by atoms with E-state index in [-0.39, 0.29) is 18.1 Å². The zero-order valence-electron chi connectivity index (χ0n) is 13.7. The van der Waals surface area contributed by atoms with E-state index in [0.29, 0.717) is 16.1 Å². The van der Waals surface area contributed by atoms with Crippen molar-refractivity contribution in [3.05, 3.63) is 68.7 Å². The van der Waals surface area contributed by atoms with E-state index in [9.17, 15) is 14.9 Å². The summed E-state index contributed by atoms with van der Waals surface area (Å²) in [5.74, 6) is -0.178. The van der Waals surface area contributed by atoms with Crippen molar-refractivity contribution in [3.63, 3.8) is 0 Å². The molecule has 2 aromatic carbocycles. The van der Waals surface area contributed by atoms with Gasteiger partial charge in [0, 0.05) is 56.1 Å². The van der Waals surface area contributed by atoms with Gasteiger partial charge in [-0.15, -0.1) is 0 Å². The Balaban J connectivity index is 2.17. The summed E-state index contributed by atoms with van der Waals surface area (Å²) in [6.07, 6.45) is 0. The van der Waals surface area contributed by atoms with E-state index >= 15 is 0 Å². The lowest BCUT2D eigenvalue weighted by Crippen LogP contribution is -2.26. The lowest BCUT2D eigenvalue weighted by molar-refractivity contribution is -0.384. The maximum atomic E-state index is 12.5. The number of benzene rings is 2. The molecule has 126 valence electrons. The third-order valence-electron chi connectivity index (χ3n) is 3.62. The fraction of sp³-hybridized carbons (Fsp3) is 0.235. The molecule has 2 aromatic rings. The number of amides is 1. The molecule has 0 aliphatic carbocycles. The molecule has 0 aliphatic heterocycles. The molecule has 0 unspecified atom stereocenters. The highest BCUT2D eigenvalue weighted by Crippen LogP contribution is 2.23. The van der Waals surface area contributed by atoms with Crippen molar-refractivity contribution >= 4 is 28.9 Å². The second-order valence-electron chi connectivity index (χ2n) is 5.64. The molecule has 0 radical (unpaired) electrons. The van der Waals surface area contributed by atoms with Crippen LogP contribution in [0.4, 0.5) is 11.4 Å². The average Bonchev–Trinajstić information content (AvgIpc) is 2.55. The molecule has 7 heteroatoms. The Kier molecular flexibility index (Phi) is 5.41. The first-order chi connectivity index (χ1) is 11.3. The Hall–Kier alpha value is -2.60. The van der Waals surface area contributed by atoms with Crippen molar-refractivity contribution in [1.29, 1.82) is 0 Å². The van der Waals surface area contributed by atoms with Crippen LogP contribution in [0.15, 0.2) is 42.5 Å². The second kappa shape index (κ2) is 7.31. The maximum Gasteiger partial charge on any atom is 0.269 e. The van der Waals surface area contributed by atoms with Crippen LogP contribution in [-0.2, 0) is 6.54 Å². The van der Waals surface area contributed by atoms with Crippen molar-refractivity contribution in [1.82, 2.24) is 4.90 Å². The van der Waals surface area contributed by atoms with Crippen molar-refractivity contribution < 1.29 is 9.72 Å². The van der Waals surface area contributed by atoms with E-state index in [4.69, 9.17) is 11.6 Å². The molecule has 2 rings (SSSR count). The average molecular weight is 348 g/mol. The van der Waals surface area contributed by atoms with Gasteiger partial charge in [-0.3, -0.25) is 14.9 Å². The summed E-state index contributed by atoms with van der Waals surface area (Å²) in [5, 5.41) is 11.3. The SMILES string of the molecule is CN(Cc1cc([N+](=O)[O-])ccc1Cl)C(=O)c1ccc(N(C)C)cc1. The summed E-state index contributed by atoms with van der Waals surface area (Å²) in [6, 6.07) is 11.4. The van der Waals surface area contributed by atoms with Gasteiger partial charge in [0.15, 0.2) is 0 Å². The number of halogens is 1. The molecule has 24 heavy (non-hydrogen) atoms. The van der Waals surface area contributed by atoms with Crippen LogP contribution >= 0.6 is 11.6 Å². The van der Waals surface area contributed by atoms with Crippen molar-refractivity contribution in [3.8, 4) is 0 Å². The van der Waals surface area contributed by atoms with E-state index in [1.54, 1.807) is 19.2 Å². The molecule has 1 amide bonds. The topological polar surface area (TPSA) is 66.7 Å². The maximum absolute atomic E-state index is 12.5. The molecule has 0 fully saturated rings. The largest absolute Gasteiger partial charge is 0.378 e. The normalized spacial score (nSPS) is 10.3. The molecule has 0 spiro atoms. The molecule has 0 aromatic heterocycles. The number of nitrogens with zero attached hydrogens (tertiary/aromatic N) is 3. The third-order valence-corrected chi connectivity index (χ3v) is 3.99. The molecule has 0 saturated carbocycles. The van der Waals surface area contributed by atoms with Gasteiger partial charge in [0.25, 0.3) is 11.6 Å². The molecule has 0 bridgehead atoms. The molecule has 6 nitrogen and oxygen atoms in total. The summed E-state index contributed by atoms with van der Waals surface area (Å²) < 4.78 is 0. The zero-order valence-corrected chi connectivity index (χ0v) is 14.4. The van der Waals surface area contributed by atoms with E-state index in [1.165, 1.54) is 23.1 Å². The fourth-order valence-electron chi connectivity index (χ4n) is 2.25. The number of nitro groups is 1. The van der Waals surface area contributed by atoms with E-state index < -0.39 is 4.92 Å². The first kappa shape index (κ1) is 17.7. The highest BCUT2D eigenvalue weighted by molar-refractivity contribution is 6.31. The molecular weight excluding hydrogens is 330 g/mol. The van der Waals surface area contributed by atoms with Gasteiger partial charge in [0.2, 0.25) is 0 Å². The number of hydrogen-bond donors (Lipinski definition) is 0. The van der Waals surface area contributed by atoms with Crippen LogP contribution in [0.1, 0.15) is 15.9 Å². The number of hydrogen-bond acceptors (Lipinski definition) is 4. The van der Waals surface area contributed by atoms with Crippen LogP contribution in [0, 0.1) is 10.1 Å². The standard InChI is InChI=1S/C17H18ClN3O3/c1-19(2)14-6-4-12(5-7-14)17(22)20(3)11-13-10-15(21(23)24)8-9-16(13)18/h4-10H,11H2,1-3H3. The number of anilines is 1. The highest BCUT2D eigenvalue weighted by atomic mass is 35.5. The summed E-state index contributed by atoms with van der Waals surface area (Å²) in [6.45, 7) is 0.189. The quantitative estimate of drug-likeness (QED) is 0.612. The van der Waals surface area contributed by atoms with Crippen LogP contribution in [0.3, 0.4) is 0 Å². The van der Waals surface area contributed by atoms with E-state index in [0.717, 1.165) is 5.69 Å². The lowest BCUT2D eigenvalue weighted by atomic mass is 10.1. The Morgan fingerprint density at radius 2 is 1.75 bits per heavy atom. The Morgan fingerprint density at radius 3 is 2.29 bits per heavy atom. The molecule has 0 N–H and O–H groups in total. The van der Waals surface area contributed by atoms with Crippen LogP contribution in [-0.4, -0.2) is 36.9 Å². The first-order valence-electron chi connectivity index (χ1n) is 7.25. The van der Waals surface area contributed by atoms with Gasteiger partial charge in [0.1, 0.15) is 0 Å². The van der Waals surface area contributed by atoms with Gasteiger partial charge < -0.3 is 9.80 Å². The van der Waals surface area contributed by atoms with Crippen molar-refractivity contribution in [2.45, 2.75) is 6.54 Å². The van der Waals surface area contributed by atoms with Crippen LogP contribution < -0.4 is 4.90 Å². The van der Waals surface area contributed by atoms with Crippen LogP contribution in [0.2, 0.25) is 5.02 Å². The minimum absolute atomic E-state index is 0.0504. The Morgan fingerprint density at radius 1 is 1.12 bits per heavy atom. The smallest absolute Gasteiger partial charge is 0.269 e. The predicted molar refractivity (Wildman–Crippen MR) is 94.7 cm³/mol. The summed E-state index contributed by atoms with van der Waals surface area (Å²) in [7, 11) is 5.48. The third kappa shape index (κ3) is 4.02. The van der Waals surface area contributed by atoms with Crippen molar-refractivity contribution in [2.75, 3.05) is 26.0 Å². The zero-order chi connectivity index (χ0) is 17.9. The molecule has 0 saturated heterocycles. The van der Waals surface area contributed by atoms with E-state index in [1.807, 2.05) is 31.1 Å². The minimum Gasteiger partial charge on any atom is -0.378 e. The van der Waals surface area contributed by atoms with Crippen LogP contribution in [0.25, 0.3) is 0 Å². The summed E-state index contributed by atoms with van der Waals surface area (Å²) in [5.41, 5.74) is 2.03. The predicted octanol–water partition coefficient (Wildman–Crippen LogP) is 3.59. The number of rotatable bonds is 5. The molecule has 0 atom stereocenters. The number of carbonyl (C=O) groups excluding carboxylic acids is 1. The second-order valence-corrected chi connectivity index (χ2v) is 6.04. The highest BCUT2D eigenvalue weighted by Gasteiger charge is 2.16. The number of non-ortho nitro benzene ring substituents is 1.